The Balaban J connectivity index is 1.64. The Kier molecular flexibility index (Phi) is 4.85. The molecule has 0 saturated heterocycles. The van der Waals surface area contributed by atoms with Crippen molar-refractivity contribution in [2.45, 2.75) is 18.7 Å². The van der Waals surface area contributed by atoms with Crippen molar-refractivity contribution in [2.24, 2.45) is 0 Å². The molecule has 0 N–H and O–H groups in total. The molecule has 0 bridgehead atoms. The van der Waals surface area contributed by atoms with Crippen molar-refractivity contribution in [2.75, 3.05) is 0 Å². The monoisotopic (exact) mass is 360 g/mol. The molecule has 0 spiro atoms. The molecule has 2 heteroatoms. The zero-order valence-electron chi connectivity index (χ0n) is 14.2. The van der Waals surface area contributed by atoms with Gasteiger partial charge in [-0.25, -0.2) is 0 Å². The first-order valence-corrected chi connectivity index (χ1v) is 10.3. The van der Waals surface area contributed by atoms with E-state index in [9.17, 15) is 0 Å². The lowest BCUT2D eigenvalue weighted by Crippen LogP contribution is -1.80. The number of hydrogen-bond donors (Lipinski definition) is 0. The number of fused-ring (bicyclic) bond motifs is 2. The first-order chi connectivity index (χ1) is 12.2. The molecule has 0 heterocycles. The highest BCUT2D eigenvalue weighted by Crippen LogP contribution is 2.31. The van der Waals surface area contributed by atoms with Gasteiger partial charge in [0.1, 0.15) is 0 Å². The van der Waals surface area contributed by atoms with E-state index in [0.717, 1.165) is 18.7 Å². The number of hydrogen-bond acceptors (Lipinski definition) is 0. The van der Waals surface area contributed by atoms with E-state index < -0.39 is 0 Å². The second kappa shape index (κ2) is 7.25. The van der Waals surface area contributed by atoms with E-state index in [1.807, 2.05) is 0 Å². The molecule has 25 heavy (non-hydrogen) atoms. The van der Waals surface area contributed by atoms with Crippen LogP contribution in [0.15, 0.2) is 72.8 Å². The Morgan fingerprint density at radius 3 is 1.04 bits per heavy atom. The van der Waals surface area contributed by atoms with Gasteiger partial charge in [0, 0.05) is 0 Å². The van der Waals surface area contributed by atoms with Crippen LogP contribution >= 0.6 is 18.5 Å². The largest absolute Gasteiger partial charge is 0.133 e. The molecular formula is C23H22P2. The average Bonchev–Trinajstić information content (AvgIpc) is 3.06. The highest BCUT2D eigenvalue weighted by molar-refractivity contribution is 7.15. The fraction of sp³-hybridized carbons (Fsp3) is 0.130. The zero-order chi connectivity index (χ0) is 17.2. The molecule has 0 nitrogen and oxygen atoms in total. The van der Waals surface area contributed by atoms with Crippen LogP contribution in [0.1, 0.15) is 22.3 Å². The molecule has 0 amide bonds. The minimum atomic E-state index is 0.990. The fourth-order valence-corrected chi connectivity index (χ4v) is 3.95. The van der Waals surface area contributed by atoms with Crippen LogP contribution in [0.4, 0.5) is 0 Å². The summed E-state index contributed by atoms with van der Waals surface area (Å²) in [4.78, 5) is 0. The second-order valence-corrected chi connectivity index (χ2v) is 7.43. The van der Waals surface area contributed by atoms with Crippen LogP contribution in [0.3, 0.4) is 0 Å². The summed E-state index contributed by atoms with van der Waals surface area (Å²) in [6, 6.07) is 27.1. The molecule has 0 aromatic heterocycles. The third kappa shape index (κ3) is 3.62. The average molecular weight is 360 g/mol. The third-order valence-corrected chi connectivity index (χ3v) is 5.76. The van der Waals surface area contributed by atoms with E-state index in [4.69, 9.17) is 0 Å². The van der Waals surface area contributed by atoms with Gasteiger partial charge < -0.3 is 0 Å². The smallest absolute Gasteiger partial charge is 0.00249 e. The summed E-state index contributed by atoms with van der Waals surface area (Å²) in [7, 11) is 5.58. The van der Waals surface area contributed by atoms with Crippen molar-refractivity contribution in [1.82, 2.24) is 0 Å². The summed E-state index contributed by atoms with van der Waals surface area (Å²) in [6.45, 7) is 0. The van der Waals surface area contributed by atoms with Crippen LogP contribution in [-0.4, -0.2) is 0 Å². The lowest BCUT2D eigenvalue weighted by molar-refractivity contribution is 1.23. The number of rotatable bonds is 4. The normalized spacial score (nSPS) is 11.3. The highest BCUT2D eigenvalue weighted by atomic mass is 31.0. The standard InChI is InChI=1S/C23H22P2/c24-14-16-1-5-20-10-18(11-21(20)6-2-16)9-19-12-22-7-3-17(15-25)4-8-23(22)13-19/h1-8,10-13H,9,14-15,24-25H2. The van der Waals surface area contributed by atoms with E-state index in [1.54, 1.807) is 0 Å². The van der Waals surface area contributed by atoms with Crippen molar-refractivity contribution in [3.05, 3.63) is 95.1 Å². The van der Waals surface area contributed by atoms with Crippen molar-refractivity contribution < 1.29 is 0 Å². The van der Waals surface area contributed by atoms with Crippen LogP contribution in [0.2, 0.25) is 0 Å². The summed E-state index contributed by atoms with van der Waals surface area (Å²) in [6.07, 6.45) is 2.99. The van der Waals surface area contributed by atoms with Crippen molar-refractivity contribution in [3.8, 4) is 22.3 Å². The quantitative estimate of drug-likeness (QED) is 0.378. The van der Waals surface area contributed by atoms with Crippen molar-refractivity contribution in [1.29, 1.82) is 0 Å². The molecule has 4 aliphatic carbocycles. The zero-order valence-corrected chi connectivity index (χ0v) is 16.5. The first kappa shape index (κ1) is 16.7. The van der Waals surface area contributed by atoms with E-state index in [-0.39, 0.29) is 0 Å². The third-order valence-electron chi connectivity index (χ3n) is 4.82. The molecule has 0 saturated carbocycles. The summed E-state index contributed by atoms with van der Waals surface area (Å²) in [5, 5.41) is 0. The minimum Gasteiger partial charge on any atom is -0.133 e. The van der Waals surface area contributed by atoms with Gasteiger partial charge >= 0.3 is 0 Å². The molecule has 0 aromatic rings. The fourth-order valence-electron chi connectivity index (χ4n) is 3.40. The molecular weight excluding hydrogens is 338 g/mol. The second-order valence-electron chi connectivity index (χ2n) is 6.62. The van der Waals surface area contributed by atoms with E-state index in [2.05, 4.69) is 91.3 Å². The Hall–Kier alpha value is -1.74. The maximum Gasteiger partial charge on any atom is -0.00249 e. The predicted molar refractivity (Wildman–Crippen MR) is 116 cm³/mol. The molecule has 4 rings (SSSR count). The van der Waals surface area contributed by atoms with Gasteiger partial charge in [0.25, 0.3) is 0 Å². The SMILES string of the molecule is PCc1ccc2cc(Cc3cc4ccc(CP)ccc-4c3)cc-2cc1. The lowest BCUT2D eigenvalue weighted by Gasteiger charge is -1.93. The Labute approximate surface area is 154 Å². The molecule has 0 radical (unpaired) electrons. The van der Waals surface area contributed by atoms with E-state index in [0.29, 0.717) is 0 Å². The summed E-state index contributed by atoms with van der Waals surface area (Å²) >= 11 is 0. The Morgan fingerprint density at radius 1 is 0.440 bits per heavy atom. The highest BCUT2D eigenvalue weighted by Gasteiger charge is 2.09. The van der Waals surface area contributed by atoms with E-state index in [1.165, 1.54) is 44.5 Å². The van der Waals surface area contributed by atoms with Gasteiger partial charge in [-0.2, -0.15) is 0 Å². The van der Waals surface area contributed by atoms with Gasteiger partial charge in [0.05, 0.1) is 0 Å². The van der Waals surface area contributed by atoms with Gasteiger partial charge in [-0.05, 0) is 63.3 Å². The van der Waals surface area contributed by atoms with Gasteiger partial charge in [-0.15, -0.1) is 18.5 Å². The van der Waals surface area contributed by atoms with Crippen LogP contribution in [0.25, 0.3) is 22.3 Å². The summed E-state index contributed by atoms with van der Waals surface area (Å²) in [5.74, 6) is 0. The molecule has 124 valence electrons. The molecule has 0 aliphatic heterocycles. The van der Waals surface area contributed by atoms with Gasteiger partial charge in [-0.1, -0.05) is 72.8 Å². The van der Waals surface area contributed by atoms with E-state index >= 15 is 0 Å². The molecule has 2 atom stereocenters. The maximum atomic E-state index is 2.79. The predicted octanol–water partition coefficient (Wildman–Crippen LogP) is 6.24. The lowest BCUT2D eigenvalue weighted by atomic mass is 10.1. The molecule has 2 unspecified atom stereocenters. The molecule has 0 aromatic carbocycles. The minimum absolute atomic E-state index is 0.990. The Bertz CT molecular complexity index is 812. The van der Waals surface area contributed by atoms with Gasteiger partial charge in [0.15, 0.2) is 0 Å². The Morgan fingerprint density at radius 2 is 0.760 bits per heavy atom. The van der Waals surface area contributed by atoms with Crippen LogP contribution in [-0.2, 0) is 18.7 Å². The van der Waals surface area contributed by atoms with Crippen LogP contribution in [0.5, 0.6) is 0 Å². The summed E-state index contributed by atoms with van der Waals surface area (Å²) < 4.78 is 0. The van der Waals surface area contributed by atoms with Gasteiger partial charge in [-0.3, -0.25) is 0 Å². The molecule has 0 fully saturated rings. The van der Waals surface area contributed by atoms with Crippen LogP contribution < -0.4 is 0 Å². The molecule has 4 aliphatic rings. The van der Waals surface area contributed by atoms with Crippen molar-refractivity contribution in [3.63, 3.8) is 0 Å². The first-order valence-electron chi connectivity index (χ1n) is 8.68. The summed E-state index contributed by atoms with van der Waals surface area (Å²) in [5.41, 5.74) is 10.8. The van der Waals surface area contributed by atoms with Crippen LogP contribution in [0, 0.1) is 0 Å². The van der Waals surface area contributed by atoms with Crippen molar-refractivity contribution >= 4 is 18.5 Å². The maximum absolute atomic E-state index is 2.79. The van der Waals surface area contributed by atoms with Gasteiger partial charge in [0.2, 0.25) is 0 Å². The topological polar surface area (TPSA) is 0 Å².